The summed E-state index contributed by atoms with van der Waals surface area (Å²) in [6.45, 7) is 5.83. The van der Waals surface area contributed by atoms with Crippen LogP contribution in [0.25, 0.3) is 0 Å². The van der Waals surface area contributed by atoms with Gasteiger partial charge >= 0.3 is 0 Å². The van der Waals surface area contributed by atoms with Crippen LogP contribution >= 0.6 is 0 Å². The molecule has 1 N–H and O–H groups in total. The third kappa shape index (κ3) is 5.37. The number of aryl methyl sites for hydroxylation is 1. The molecule has 0 saturated heterocycles. The van der Waals surface area contributed by atoms with E-state index in [-0.39, 0.29) is 11.4 Å². The molecule has 1 amide bonds. The van der Waals surface area contributed by atoms with Gasteiger partial charge in [-0.2, -0.15) is 4.31 Å². The largest absolute Gasteiger partial charge is 0.310 e. The van der Waals surface area contributed by atoms with E-state index in [1.54, 1.807) is 24.4 Å². The lowest BCUT2D eigenvalue weighted by Gasteiger charge is -2.17. The second-order valence-electron chi connectivity index (χ2n) is 6.77. The number of carbonyl (C=O) groups is 1. The maximum atomic E-state index is 12.6. The minimum atomic E-state index is -3.73. The first-order valence-electron chi connectivity index (χ1n) is 8.46. The Labute approximate surface area is 155 Å². The summed E-state index contributed by atoms with van der Waals surface area (Å²) in [5.41, 5.74) is 2.06. The highest BCUT2D eigenvalue weighted by molar-refractivity contribution is 7.89. The number of nitrogens with zero attached hydrogens (tertiary/aromatic N) is 2. The fraction of sp³-hybridized carbons (Fsp3) is 0.368. The van der Waals surface area contributed by atoms with E-state index in [2.05, 4.69) is 24.1 Å². The van der Waals surface area contributed by atoms with Gasteiger partial charge in [0.25, 0.3) is 0 Å². The maximum Gasteiger partial charge on any atom is 0.243 e. The van der Waals surface area contributed by atoms with Crippen molar-refractivity contribution in [3.63, 3.8) is 0 Å². The molecule has 0 aliphatic carbocycles. The first kappa shape index (κ1) is 20.1. The predicted octanol–water partition coefficient (Wildman–Crippen LogP) is 2.85. The Balaban J connectivity index is 2.03. The van der Waals surface area contributed by atoms with Gasteiger partial charge in [0.2, 0.25) is 15.9 Å². The van der Waals surface area contributed by atoms with E-state index in [0.29, 0.717) is 11.7 Å². The molecular formula is C19H25N3O3S. The van der Waals surface area contributed by atoms with E-state index in [4.69, 9.17) is 0 Å². The zero-order valence-corrected chi connectivity index (χ0v) is 16.4. The molecule has 6 nitrogen and oxygen atoms in total. The fourth-order valence-corrected chi connectivity index (χ4v) is 3.59. The Hall–Kier alpha value is -2.25. The number of carbonyl (C=O) groups excluding carboxylic acids is 1. The molecule has 2 aromatic rings. The number of hydrogen-bond acceptors (Lipinski definition) is 4. The van der Waals surface area contributed by atoms with Crippen LogP contribution < -0.4 is 5.32 Å². The Kier molecular flexibility index (Phi) is 6.50. The second kappa shape index (κ2) is 8.42. The van der Waals surface area contributed by atoms with Crippen molar-refractivity contribution in [3.05, 3.63) is 53.7 Å². The monoisotopic (exact) mass is 375 g/mol. The number of anilines is 1. The van der Waals surface area contributed by atoms with E-state index >= 15 is 0 Å². The average molecular weight is 375 g/mol. The summed E-state index contributed by atoms with van der Waals surface area (Å²) < 4.78 is 26.3. The molecule has 0 aliphatic heterocycles. The van der Waals surface area contributed by atoms with Crippen LogP contribution in [0.3, 0.4) is 0 Å². The highest BCUT2D eigenvalue weighted by atomic mass is 32.2. The van der Waals surface area contributed by atoms with Crippen LogP contribution in [0.5, 0.6) is 0 Å². The molecule has 1 aromatic heterocycles. The van der Waals surface area contributed by atoms with Crippen molar-refractivity contribution < 1.29 is 13.2 Å². The third-order valence-corrected chi connectivity index (χ3v) is 5.64. The van der Waals surface area contributed by atoms with Gasteiger partial charge in [-0.1, -0.05) is 32.0 Å². The number of nitrogens with one attached hydrogen (secondary N) is 1. The Bertz CT molecular complexity index is 845. The number of amides is 1. The van der Waals surface area contributed by atoms with Crippen LogP contribution in [-0.4, -0.2) is 37.2 Å². The van der Waals surface area contributed by atoms with Gasteiger partial charge in [-0.05, 0) is 48.6 Å². The van der Waals surface area contributed by atoms with E-state index in [9.17, 15) is 13.2 Å². The van der Waals surface area contributed by atoms with Crippen LogP contribution in [0.4, 0.5) is 5.82 Å². The molecule has 7 heteroatoms. The molecule has 0 saturated carbocycles. The van der Waals surface area contributed by atoms with Gasteiger partial charge in [-0.25, -0.2) is 13.4 Å². The summed E-state index contributed by atoms with van der Waals surface area (Å²) in [5, 5.41) is 2.60. The van der Waals surface area contributed by atoms with Crippen LogP contribution in [0.15, 0.2) is 47.5 Å². The second-order valence-corrected chi connectivity index (χ2v) is 8.82. The molecule has 0 atom stereocenters. The molecular weight excluding hydrogens is 350 g/mol. The smallest absolute Gasteiger partial charge is 0.243 e. The minimum absolute atomic E-state index is 0.175. The maximum absolute atomic E-state index is 12.6. The lowest BCUT2D eigenvalue weighted by molar-refractivity contribution is -0.116. The number of rotatable bonds is 7. The van der Waals surface area contributed by atoms with Crippen molar-refractivity contribution in [3.8, 4) is 0 Å². The van der Waals surface area contributed by atoms with Crippen molar-refractivity contribution in [2.45, 2.75) is 32.1 Å². The number of hydrogen-bond donors (Lipinski definition) is 1. The van der Waals surface area contributed by atoms with Crippen molar-refractivity contribution in [1.82, 2.24) is 9.29 Å². The zero-order valence-electron chi connectivity index (χ0n) is 15.6. The first-order chi connectivity index (χ1) is 12.2. The van der Waals surface area contributed by atoms with Gasteiger partial charge in [-0.15, -0.1) is 0 Å². The highest BCUT2D eigenvalue weighted by Crippen LogP contribution is 2.17. The number of aromatic nitrogens is 1. The van der Waals surface area contributed by atoms with Crippen molar-refractivity contribution in [1.29, 1.82) is 0 Å². The van der Waals surface area contributed by atoms with Crippen LogP contribution in [0.2, 0.25) is 0 Å². The molecule has 0 fully saturated rings. The molecule has 1 aromatic carbocycles. The summed E-state index contributed by atoms with van der Waals surface area (Å²) in [7, 11) is -2.34. The molecule has 0 radical (unpaired) electrons. The summed E-state index contributed by atoms with van der Waals surface area (Å²) in [4.78, 5) is 16.4. The molecule has 0 spiro atoms. The van der Waals surface area contributed by atoms with Gasteiger partial charge in [0.05, 0.1) is 11.4 Å². The molecule has 0 bridgehead atoms. The lowest BCUT2D eigenvalue weighted by Crippen LogP contribution is -2.35. The standard InChI is InChI=1S/C19H25N3O3S/c1-14(2)11-16-6-8-17(9-7-16)26(24,25)22(4)13-19(23)21-18-10-5-15(3)12-20-18/h5-10,12,14H,11,13H2,1-4H3,(H,20,21,23). The SMILES string of the molecule is Cc1ccc(NC(=O)CN(C)S(=O)(=O)c2ccc(CC(C)C)cc2)nc1. The number of benzene rings is 1. The first-order valence-corrected chi connectivity index (χ1v) is 9.90. The fourth-order valence-electron chi connectivity index (χ4n) is 2.46. The highest BCUT2D eigenvalue weighted by Gasteiger charge is 2.23. The Morgan fingerprint density at radius 1 is 1.15 bits per heavy atom. The van der Waals surface area contributed by atoms with Crippen molar-refractivity contribution in [2.24, 2.45) is 5.92 Å². The average Bonchev–Trinajstić information content (AvgIpc) is 2.56. The van der Waals surface area contributed by atoms with Gasteiger partial charge in [-0.3, -0.25) is 4.79 Å². The van der Waals surface area contributed by atoms with Gasteiger partial charge in [0.15, 0.2) is 0 Å². The molecule has 0 aliphatic rings. The number of sulfonamides is 1. The minimum Gasteiger partial charge on any atom is -0.310 e. The molecule has 26 heavy (non-hydrogen) atoms. The topological polar surface area (TPSA) is 79.4 Å². The van der Waals surface area contributed by atoms with Crippen LogP contribution in [0.1, 0.15) is 25.0 Å². The summed E-state index contributed by atoms with van der Waals surface area (Å²) in [6.07, 6.45) is 2.52. The van der Waals surface area contributed by atoms with Gasteiger partial charge in [0, 0.05) is 13.2 Å². The summed E-state index contributed by atoms with van der Waals surface area (Å²) in [5.74, 6) is 0.451. The Morgan fingerprint density at radius 3 is 2.35 bits per heavy atom. The van der Waals surface area contributed by atoms with Crippen LogP contribution in [0, 0.1) is 12.8 Å². The van der Waals surface area contributed by atoms with Crippen molar-refractivity contribution >= 4 is 21.7 Å². The number of likely N-dealkylation sites (N-methyl/N-ethyl adjacent to an activating group) is 1. The van der Waals surface area contributed by atoms with Gasteiger partial charge in [0.1, 0.15) is 5.82 Å². The van der Waals surface area contributed by atoms with Crippen LogP contribution in [-0.2, 0) is 21.2 Å². The molecule has 2 rings (SSSR count). The normalized spacial score (nSPS) is 11.8. The van der Waals surface area contributed by atoms with E-state index < -0.39 is 15.9 Å². The van der Waals surface area contributed by atoms with E-state index in [1.807, 2.05) is 25.1 Å². The van der Waals surface area contributed by atoms with Crippen molar-refractivity contribution in [2.75, 3.05) is 18.9 Å². The third-order valence-electron chi connectivity index (χ3n) is 3.82. The molecule has 1 heterocycles. The predicted molar refractivity (Wildman–Crippen MR) is 102 cm³/mol. The quantitative estimate of drug-likeness (QED) is 0.807. The number of pyridine rings is 1. The molecule has 140 valence electrons. The summed E-state index contributed by atoms with van der Waals surface area (Å²) in [6, 6.07) is 10.3. The van der Waals surface area contributed by atoms with E-state index in [1.165, 1.54) is 7.05 Å². The zero-order chi connectivity index (χ0) is 19.3. The lowest BCUT2D eigenvalue weighted by atomic mass is 10.0. The van der Waals surface area contributed by atoms with Gasteiger partial charge < -0.3 is 5.32 Å². The summed E-state index contributed by atoms with van der Waals surface area (Å²) >= 11 is 0. The molecule has 0 unspecified atom stereocenters. The van der Waals surface area contributed by atoms with E-state index in [0.717, 1.165) is 21.9 Å². The Morgan fingerprint density at radius 2 is 1.81 bits per heavy atom.